The second-order valence-electron chi connectivity index (χ2n) is 6.52. The predicted octanol–water partition coefficient (Wildman–Crippen LogP) is 5.04. The van der Waals surface area contributed by atoms with Gasteiger partial charge in [-0.05, 0) is 37.5 Å². The molecule has 1 aliphatic carbocycles. The zero-order valence-electron chi connectivity index (χ0n) is 13.8. The lowest BCUT2D eigenvalue weighted by atomic mass is 9.80. The lowest BCUT2D eigenvalue weighted by Crippen LogP contribution is -2.56. The minimum absolute atomic E-state index is 0.0567. The van der Waals surface area contributed by atoms with Gasteiger partial charge in [-0.1, -0.05) is 48.0 Å². The summed E-state index contributed by atoms with van der Waals surface area (Å²) < 4.78 is 71.2. The van der Waals surface area contributed by atoms with E-state index in [9.17, 15) is 17.2 Å². The van der Waals surface area contributed by atoms with Gasteiger partial charge in [-0.3, -0.25) is 0 Å². The SMILES string of the molecule is Cc1ccc(S(=O)(=O)C2(F)C(c3ccccc3)CCCC2(F)F)cc1. The van der Waals surface area contributed by atoms with Gasteiger partial charge in [0.25, 0.3) is 10.9 Å². The summed E-state index contributed by atoms with van der Waals surface area (Å²) in [5.41, 5.74) is 1.04. The Morgan fingerprint density at radius 1 is 0.960 bits per heavy atom. The van der Waals surface area contributed by atoms with Crippen molar-refractivity contribution in [2.75, 3.05) is 0 Å². The van der Waals surface area contributed by atoms with Crippen molar-refractivity contribution in [3.05, 3.63) is 65.7 Å². The summed E-state index contributed by atoms with van der Waals surface area (Å²) in [4.78, 5) is -0.414. The molecule has 0 radical (unpaired) electrons. The van der Waals surface area contributed by atoms with Crippen molar-refractivity contribution in [2.24, 2.45) is 0 Å². The fourth-order valence-corrected chi connectivity index (χ4v) is 5.44. The van der Waals surface area contributed by atoms with Gasteiger partial charge < -0.3 is 0 Å². The van der Waals surface area contributed by atoms with Gasteiger partial charge in [-0.15, -0.1) is 0 Å². The minimum Gasteiger partial charge on any atom is -0.220 e. The molecular weight excluding hydrogens is 349 g/mol. The molecule has 2 aromatic rings. The molecular formula is C19H19F3O2S. The Bertz CT molecular complexity index is 848. The molecule has 0 aromatic heterocycles. The van der Waals surface area contributed by atoms with Crippen LogP contribution in [0.15, 0.2) is 59.5 Å². The summed E-state index contributed by atoms with van der Waals surface area (Å²) >= 11 is 0. The average molecular weight is 368 g/mol. The maximum atomic E-state index is 15.9. The third kappa shape index (κ3) is 2.76. The third-order valence-corrected chi connectivity index (χ3v) is 7.11. The van der Waals surface area contributed by atoms with Crippen LogP contribution in [0.5, 0.6) is 0 Å². The number of rotatable bonds is 3. The van der Waals surface area contributed by atoms with Gasteiger partial charge in [0.05, 0.1) is 4.90 Å². The van der Waals surface area contributed by atoms with Crippen molar-refractivity contribution in [1.29, 1.82) is 0 Å². The standard InChI is InChI=1S/C19H19F3O2S/c1-14-9-11-16(12-10-14)25(23,24)19(22)17(8-5-13-18(19,20)21)15-6-3-2-4-7-15/h2-4,6-7,9-12,17H,5,8,13H2,1H3. The number of sulfone groups is 1. The zero-order chi connectivity index (χ0) is 18.3. The van der Waals surface area contributed by atoms with E-state index in [-0.39, 0.29) is 18.4 Å². The molecule has 1 fully saturated rings. The highest BCUT2D eigenvalue weighted by molar-refractivity contribution is 7.92. The monoisotopic (exact) mass is 368 g/mol. The molecule has 0 saturated heterocycles. The Morgan fingerprint density at radius 3 is 2.16 bits per heavy atom. The van der Waals surface area contributed by atoms with Crippen molar-refractivity contribution in [3.63, 3.8) is 0 Å². The summed E-state index contributed by atoms with van der Waals surface area (Å²) in [5, 5.41) is -3.67. The molecule has 134 valence electrons. The molecule has 0 N–H and O–H groups in total. The van der Waals surface area contributed by atoms with Crippen LogP contribution in [0.25, 0.3) is 0 Å². The van der Waals surface area contributed by atoms with Crippen LogP contribution < -0.4 is 0 Å². The summed E-state index contributed by atoms with van der Waals surface area (Å²) in [6, 6.07) is 13.2. The Kier molecular flexibility index (Phi) is 4.43. The predicted molar refractivity (Wildman–Crippen MR) is 90.2 cm³/mol. The smallest absolute Gasteiger partial charge is 0.220 e. The molecule has 0 amide bonds. The maximum Gasteiger partial charge on any atom is 0.296 e. The Balaban J connectivity index is 2.20. The topological polar surface area (TPSA) is 34.1 Å². The fourth-order valence-electron chi connectivity index (χ4n) is 3.48. The number of alkyl halides is 3. The highest BCUT2D eigenvalue weighted by atomic mass is 32.2. The number of benzene rings is 2. The van der Waals surface area contributed by atoms with Gasteiger partial charge in [0.2, 0.25) is 9.84 Å². The summed E-state index contributed by atoms with van der Waals surface area (Å²) in [6.45, 7) is 1.74. The highest BCUT2D eigenvalue weighted by Crippen LogP contribution is 2.56. The molecule has 2 atom stereocenters. The summed E-state index contributed by atoms with van der Waals surface area (Å²) in [6.07, 6.45) is -0.652. The first-order valence-electron chi connectivity index (χ1n) is 8.13. The van der Waals surface area contributed by atoms with Gasteiger partial charge in [-0.2, -0.15) is 0 Å². The van der Waals surface area contributed by atoms with Crippen LogP contribution in [0.4, 0.5) is 13.2 Å². The largest absolute Gasteiger partial charge is 0.296 e. The van der Waals surface area contributed by atoms with E-state index in [0.717, 1.165) is 5.56 Å². The normalized spacial score (nSPS) is 26.3. The molecule has 1 saturated carbocycles. The summed E-state index contributed by atoms with van der Waals surface area (Å²) in [7, 11) is -4.90. The van der Waals surface area contributed by atoms with Crippen molar-refractivity contribution in [3.8, 4) is 0 Å². The number of aryl methyl sites for hydroxylation is 1. The van der Waals surface area contributed by atoms with E-state index in [2.05, 4.69) is 0 Å². The highest BCUT2D eigenvalue weighted by Gasteiger charge is 2.69. The van der Waals surface area contributed by atoms with Crippen molar-refractivity contribution < 1.29 is 21.6 Å². The lowest BCUT2D eigenvalue weighted by molar-refractivity contribution is -0.129. The minimum atomic E-state index is -4.90. The first-order valence-corrected chi connectivity index (χ1v) is 9.61. The van der Waals surface area contributed by atoms with Gasteiger partial charge >= 0.3 is 0 Å². The van der Waals surface area contributed by atoms with E-state index in [1.165, 1.54) is 36.4 Å². The van der Waals surface area contributed by atoms with E-state index in [1.807, 2.05) is 0 Å². The number of halogens is 3. The molecule has 25 heavy (non-hydrogen) atoms. The molecule has 1 aliphatic rings. The Morgan fingerprint density at radius 2 is 1.56 bits per heavy atom. The van der Waals surface area contributed by atoms with Gasteiger partial charge in [0, 0.05) is 12.3 Å². The molecule has 2 aromatic carbocycles. The van der Waals surface area contributed by atoms with E-state index in [4.69, 9.17) is 0 Å². The molecule has 0 bridgehead atoms. The molecule has 2 nitrogen and oxygen atoms in total. The molecule has 0 aliphatic heterocycles. The van der Waals surface area contributed by atoms with Crippen LogP contribution in [-0.4, -0.2) is 19.3 Å². The van der Waals surface area contributed by atoms with Crippen LogP contribution in [0.2, 0.25) is 0 Å². The van der Waals surface area contributed by atoms with Crippen LogP contribution in [0.3, 0.4) is 0 Å². The van der Waals surface area contributed by atoms with E-state index >= 15 is 4.39 Å². The maximum absolute atomic E-state index is 15.9. The Labute approximate surface area is 145 Å². The molecule has 0 spiro atoms. The van der Waals surface area contributed by atoms with E-state index in [0.29, 0.717) is 0 Å². The van der Waals surface area contributed by atoms with Crippen molar-refractivity contribution in [2.45, 2.75) is 47.9 Å². The first-order chi connectivity index (χ1) is 11.7. The van der Waals surface area contributed by atoms with E-state index in [1.54, 1.807) is 25.1 Å². The lowest BCUT2D eigenvalue weighted by Gasteiger charge is -2.42. The average Bonchev–Trinajstić information content (AvgIpc) is 2.58. The second kappa shape index (κ2) is 6.16. The van der Waals surface area contributed by atoms with Crippen molar-refractivity contribution in [1.82, 2.24) is 0 Å². The quantitative estimate of drug-likeness (QED) is 0.761. The van der Waals surface area contributed by atoms with Gasteiger partial charge in [0.15, 0.2) is 0 Å². The third-order valence-electron chi connectivity index (χ3n) is 4.85. The van der Waals surface area contributed by atoms with Crippen LogP contribution in [0, 0.1) is 6.92 Å². The van der Waals surface area contributed by atoms with E-state index < -0.39 is 38.0 Å². The first kappa shape index (κ1) is 18.0. The molecule has 6 heteroatoms. The van der Waals surface area contributed by atoms with Crippen LogP contribution in [-0.2, 0) is 9.84 Å². The van der Waals surface area contributed by atoms with Crippen molar-refractivity contribution >= 4 is 9.84 Å². The molecule has 3 rings (SSSR count). The number of hydrogen-bond acceptors (Lipinski definition) is 2. The molecule has 0 heterocycles. The summed E-state index contributed by atoms with van der Waals surface area (Å²) in [5.74, 6) is -5.38. The second-order valence-corrected chi connectivity index (χ2v) is 8.59. The number of hydrogen-bond donors (Lipinski definition) is 0. The van der Waals surface area contributed by atoms with Gasteiger partial charge in [-0.25, -0.2) is 21.6 Å². The van der Waals surface area contributed by atoms with Crippen LogP contribution in [0.1, 0.15) is 36.3 Å². The van der Waals surface area contributed by atoms with Crippen LogP contribution >= 0.6 is 0 Å². The fraction of sp³-hybridized carbons (Fsp3) is 0.368. The zero-order valence-corrected chi connectivity index (χ0v) is 14.6. The molecule has 2 unspecified atom stereocenters. The van der Waals surface area contributed by atoms with Gasteiger partial charge in [0.1, 0.15) is 0 Å². The Hall–Kier alpha value is -1.82.